The van der Waals surface area contributed by atoms with E-state index in [-0.39, 0.29) is 0 Å². The standard InChI is InChI=1S/C24H27NO2/c1-25(2)18-11-19-27-23-17-10-9-16-22(23)24(26,20-12-5-3-6-13-20)21-14-7-4-8-15-21/h3-10,12-17,26H,11,18-19H2,1-2H3. The van der Waals surface area contributed by atoms with Crippen LogP contribution in [0.3, 0.4) is 0 Å². The first-order chi connectivity index (χ1) is 13.1. The first-order valence-corrected chi connectivity index (χ1v) is 9.33. The Labute approximate surface area is 161 Å². The van der Waals surface area contributed by atoms with Crippen LogP contribution in [0.4, 0.5) is 0 Å². The average Bonchev–Trinajstić information content (AvgIpc) is 2.72. The molecule has 3 rings (SSSR count). The number of ether oxygens (including phenoxy) is 1. The van der Waals surface area contributed by atoms with Gasteiger partial charge in [-0.1, -0.05) is 78.9 Å². The summed E-state index contributed by atoms with van der Waals surface area (Å²) in [5.41, 5.74) is 1.12. The molecule has 0 radical (unpaired) electrons. The lowest BCUT2D eigenvalue weighted by atomic mass is 9.80. The summed E-state index contributed by atoms with van der Waals surface area (Å²) in [6, 6.07) is 27.3. The van der Waals surface area contributed by atoms with E-state index < -0.39 is 5.60 Å². The smallest absolute Gasteiger partial charge is 0.144 e. The van der Waals surface area contributed by atoms with Gasteiger partial charge in [0.2, 0.25) is 0 Å². The quantitative estimate of drug-likeness (QED) is 0.480. The van der Waals surface area contributed by atoms with Crippen LogP contribution in [-0.4, -0.2) is 37.3 Å². The molecule has 0 heterocycles. The maximum atomic E-state index is 12.0. The fourth-order valence-electron chi connectivity index (χ4n) is 3.29. The van der Waals surface area contributed by atoms with E-state index >= 15 is 0 Å². The number of hydrogen-bond acceptors (Lipinski definition) is 3. The summed E-state index contributed by atoms with van der Waals surface area (Å²) < 4.78 is 6.09. The highest BCUT2D eigenvalue weighted by atomic mass is 16.5. The van der Waals surface area contributed by atoms with Crippen LogP contribution in [0, 0.1) is 0 Å². The maximum Gasteiger partial charge on any atom is 0.144 e. The predicted molar refractivity (Wildman–Crippen MR) is 110 cm³/mol. The van der Waals surface area contributed by atoms with E-state index in [9.17, 15) is 5.11 Å². The molecule has 0 aliphatic rings. The lowest BCUT2D eigenvalue weighted by Gasteiger charge is -2.31. The monoisotopic (exact) mass is 361 g/mol. The van der Waals surface area contributed by atoms with Crippen LogP contribution in [0.25, 0.3) is 0 Å². The van der Waals surface area contributed by atoms with Gasteiger partial charge in [0.05, 0.1) is 6.61 Å². The molecule has 27 heavy (non-hydrogen) atoms. The molecule has 0 spiro atoms. The second-order valence-electron chi connectivity index (χ2n) is 6.94. The number of aliphatic hydroxyl groups is 1. The molecule has 3 aromatic carbocycles. The summed E-state index contributed by atoms with van der Waals surface area (Å²) in [5, 5.41) is 12.0. The molecule has 0 aliphatic carbocycles. The van der Waals surface area contributed by atoms with Crippen LogP contribution in [0.5, 0.6) is 5.75 Å². The third-order valence-electron chi connectivity index (χ3n) is 4.67. The van der Waals surface area contributed by atoms with Crippen molar-refractivity contribution in [2.24, 2.45) is 0 Å². The Morgan fingerprint density at radius 2 is 1.30 bits per heavy atom. The van der Waals surface area contributed by atoms with E-state index in [1.807, 2.05) is 84.9 Å². The highest BCUT2D eigenvalue weighted by Crippen LogP contribution is 2.40. The Morgan fingerprint density at radius 1 is 0.778 bits per heavy atom. The summed E-state index contributed by atoms with van der Waals surface area (Å²) in [6.07, 6.45) is 0.927. The normalized spacial score (nSPS) is 11.6. The molecule has 0 bridgehead atoms. The van der Waals surface area contributed by atoms with Crippen molar-refractivity contribution in [3.8, 4) is 5.75 Å². The largest absolute Gasteiger partial charge is 0.493 e. The molecule has 0 aromatic heterocycles. The van der Waals surface area contributed by atoms with Gasteiger partial charge in [-0.05, 0) is 37.7 Å². The molecule has 1 N–H and O–H groups in total. The molecular weight excluding hydrogens is 334 g/mol. The van der Waals surface area contributed by atoms with Gasteiger partial charge >= 0.3 is 0 Å². The lowest BCUT2D eigenvalue weighted by Crippen LogP contribution is -2.29. The molecule has 3 heteroatoms. The maximum absolute atomic E-state index is 12.0. The van der Waals surface area contributed by atoms with Gasteiger partial charge in [0.25, 0.3) is 0 Å². The summed E-state index contributed by atoms with van der Waals surface area (Å²) in [6.45, 7) is 1.57. The van der Waals surface area contributed by atoms with Gasteiger partial charge in [0.15, 0.2) is 0 Å². The molecule has 3 nitrogen and oxygen atoms in total. The fraction of sp³-hybridized carbons (Fsp3) is 0.250. The second kappa shape index (κ2) is 8.85. The zero-order valence-electron chi connectivity index (χ0n) is 16.0. The zero-order valence-corrected chi connectivity index (χ0v) is 16.0. The average molecular weight is 361 g/mol. The van der Waals surface area contributed by atoms with Crippen LogP contribution in [0.15, 0.2) is 84.9 Å². The Bertz CT molecular complexity index is 792. The third-order valence-corrected chi connectivity index (χ3v) is 4.67. The van der Waals surface area contributed by atoms with E-state index in [0.29, 0.717) is 12.4 Å². The van der Waals surface area contributed by atoms with Crippen LogP contribution < -0.4 is 4.74 Å². The molecule has 0 aliphatic heterocycles. The zero-order chi connectivity index (χ0) is 19.1. The summed E-state index contributed by atoms with van der Waals surface area (Å²) in [5.74, 6) is 0.714. The van der Waals surface area contributed by atoms with E-state index in [1.54, 1.807) is 0 Å². The summed E-state index contributed by atoms with van der Waals surface area (Å²) in [7, 11) is 4.11. The van der Waals surface area contributed by atoms with Gasteiger partial charge in [-0.25, -0.2) is 0 Å². The summed E-state index contributed by atoms with van der Waals surface area (Å²) in [4.78, 5) is 2.14. The van der Waals surface area contributed by atoms with Crippen molar-refractivity contribution in [3.63, 3.8) is 0 Å². The number of hydrogen-bond donors (Lipinski definition) is 1. The topological polar surface area (TPSA) is 32.7 Å². The van der Waals surface area contributed by atoms with Crippen molar-refractivity contribution in [2.45, 2.75) is 12.0 Å². The molecule has 0 fully saturated rings. The van der Waals surface area contributed by atoms with Crippen molar-refractivity contribution in [2.75, 3.05) is 27.2 Å². The minimum Gasteiger partial charge on any atom is -0.493 e. The van der Waals surface area contributed by atoms with E-state index in [4.69, 9.17) is 4.74 Å². The van der Waals surface area contributed by atoms with E-state index in [0.717, 1.165) is 29.7 Å². The molecule has 0 saturated carbocycles. The van der Waals surface area contributed by atoms with Crippen molar-refractivity contribution >= 4 is 0 Å². The van der Waals surface area contributed by atoms with Crippen molar-refractivity contribution < 1.29 is 9.84 Å². The first-order valence-electron chi connectivity index (χ1n) is 9.33. The van der Waals surface area contributed by atoms with E-state index in [1.165, 1.54) is 0 Å². The van der Waals surface area contributed by atoms with Crippen LogP contribution >= 0.6 is 0 Å². The van der Waals surface area contributed by atoms with Gasteiger partial charge in [0, 0.05) is 12.1 Å². The van der Waals surface area contributed by atoms with Crippen LogP contribution in [-0.2, 0) is 5.60 Å². The van der Waals surface area contributed by atoms with E-state index in [2.05, 4.69) is 19.0 Å². The number of benzene rings is 3. The summed E-state index contributed by atoms with van der Waals surface area (Å²) >= 11 is 0. The van der Waals surface area contributed by atoms with Crippen LogP contribution in [0.1, 0.15) is 23.1 Å². The Morgan fingerprint density at radius 3 is 1.85 bits per heavy atom. The SMILES string of the molecule is CN(C)CCCOc1ccccc1C(O)(c1ccccc1)c1ccccc1. The lowest BCUT2D eigenvalue weighted by molar-refractivity contribution is 0.120. The van der Waals surface area contributed by atoms with Gasteiger partial charge in [-0.2, -0.15) is 0 Å². The first kappa shape index (κ1) is 19.2. The van der Waals surface area contributed by atoms with Crippen molar-refractivity contribution in [1.82, 2.24) is 4.90 Å². The van der Waals surface area contributed by atoms with Gasteiger partial charge in [0.1, 0.15) is 11.4 Å². The van der Waals surface area contributed by atoms with Crippen LogP contribution in [0.2, 0.25) is 0 Å². The predicted octanol–water partition coefficient (Wildman–Crippen LogP) is 4.30. The molecule has 3 aromatic rings. The van der Waals surface area contributed by atoms with Gasteiger partial charge in [-0.15, -0.1) is 0 Å². The minimum atomic E-state index is -1.28. The molecule has 0 amide bonds. The Kier molecular flexibility index (Phi) is 6.28. The Balaban J connectivity index is 2.01. The minimum absolute atomic E-state index is 0.606. The second-order valence-corrected chi connectivity index (χ2v) is 6.94. The van der Waals surface area contributed by atoms with Crippen molar-refractivity contribution in [1.29, 1.82) is 0 Å². The highest BCUT2D eigenvalue weighted by molar-refractivity contribution is 5.52. The molecular formula is C24H27NO2. The molecule has 140 valence electrons. The Hall–Kier alpha value is -2.62. The third kappa shape index (κ3) is 4.38. The fourth-order valence-corrected chi connectivity index (χ4v) is 3.29. The molecule has 0 unspecified atom stereocenters. The number of nitrogens with zero attached hydrogens (tertiary/aromatic N) is 1. The number of para-hydroxylation sites is 1. The van der Waals surface area contributed by atoms with Gasteiger partial charge in [-0.3, -0.25) is 0 Å². The number of rotatable bonds is 8. The molecule has 0 saturated heterocycles. The highest BCUT2D eigenvalue weighted by Gasteiger charge is 2.36. The molecule has 0 atom stereocenters. The van der Waals surface area contributed by atoms with Crippen molar-refractivity contribution in [3.05, 3.63) is 102 Å². The van der Waals surface area contributed by atoms with Gasteiger partial charge < -0.3 is 14.7 Å².